The van der Waals surface area contributed by atoms with Crippen LogP contribution in [0, 0.1) is 0 Å². The Bertz CT molecular complexity index is 395. The highest BCUT2D eigenvalue weighted by molar-refractivity contribution is 6.18. The van der Waals surface area contributed by atoms with Crippen molar-refractivity contribution < 1.29 is 18.3 Å². The molecule has 94 valence electrons. The van der Waals surface area contributed by atoms with Crippen LogP contribution in [0.15, 0.2) is 24.3 Å². The Morgan fingerprint density at radius 1 is 1.24 bits per heavy atom. The third kappa shape index (κ3) is 2.16. The van der Waals surface area contributed by atoms with Gasteiger partial charge in [0.2, 0.25) is 0 Å². The van der Waals surface area contributed by atoms with Gasteiger partial charge in [0.05, 0.1) is 17.4 Å². The fourth-order valence-electron chi connectivity index (χ4n) is 1.97. The molecule has 1 N–H and O–H groups in total. The van der Waals surface area contributed by atoms with Gasteiger partial charge in [-0.15, -0.1) is 11.6 Å². The Morgan fingerprint density at radius 3 is 2.12 bits per heavy atom. The number of aliphatic hydroxyl groups excluding tert-OH is 1. The Hall–Kier alpha value is -0.740. The lowest BCUT2D eigenvalue weighted by atomic mass is 9.94. The molecule has 1 aromatic rings. The fraction of sp³-hybridized carbons (Fsp3) is 0.500. The van der Waals surface area contributed by atoms with E-state index in [2.05, 4.69) is 0 Å². The standard InChI is InChI=1S/C12H12ClF3O/c13-7-10(17)8-1-3-9(4-2-8)11(5-6-11)12(14,15)16/h1-4,10,17H,5-7H2. The maximum atomic E-state index is 12.8. The molecular weight excluding hydrogens is 253 g/mol. The fourth-order valence-corrected chi connectivity index (χ4v) is 2.15. The van der Waals surface area contributed by atoms with Crippen molar-refractivity contribution in [1.29, 1.82) is 0 Å². The number of aliphatic hydroxyl groups is 1. The minimum absolute atomic E-state index is 0.0315. The molecule has 1 aliphatic rings. The SMILES string of the molecule is OC(CCl)c1ccc(C2(C(F)(F)F)CC2)cc1. The van der Waals surface area contributed by atoms with Gasteiger partial charge in [0, 0.05) is 0 Å². The van der Waals surface area contributed by atoms with Crippen molar-refractivity contribution in [2.45, 2.75) is 30.5 Å². The molecule has 0 aliphatic heterocycles. The second-order valence-corrected chi connectivity index (χ2v) is 4.68. The number of benzene rings is 1. The summed E-state index contributed by atoms with van der Waals surface area (Å²) in [6, 6.07) is 5.89. The van der Waals surface area contributed by atoms with Crippen molar-refractivity contribution in [2.75, 3.05) is 5.88 Å². The molecule has 0 radical (unpaired) electrons. The van der Waals surface area contributed by atoms with Gasteiger partial charge in [-0.25, -0.2) is 0 Å². The summed E-state index contributed by atoms with van der Waals surface area (Å²) in [6.45, 7) is 0. The van der Waals surface area contributed by atoms with Gasteiger partial charge in [-0.3, -0.25) is 0 Å². The lowest BCUT2D eigenvalue weighted by Gasteiger charge is -2.20. The number of rotatable bonds is 3. The van der Waals surface area contributed by atoms with Gasteiger partial charge in [-0.05, 0) is 24.0 Å². The van der Waals surface area contributed by atoms with Crippen molar-refractivity contribution in [3.05, 3.63) is 35.4 Å². The van der Waals surface area contributed by atoms with Crippen molar-refractivity contribution in [3.8, 4) is 0 Å². The summed E-state index contributed by atoms with van der Waals surface area (Å²) in [7, 11) is 0. The van der Waals surface area contributed by atoms with E-state index in [-0.39, 0.29) is 24.3 Å². The van der Waals surface area contributed by atoms with E-state index in [0.29, 0.717) is 5.56 Å². The molecule has 0 saturated heterocycles. The highest BCUT2D eigenvalue weighted by Crippen LogP contribution is 2.58. The van der Waals surface area contributed by atoms with Crippen molar-refractivity contribution in [2.24, 2.45) is 0 Å². The highest BCUT2D eigenvalue weighted by atomic mass is 35.5. The van der Waals surface area contributed by atoms with Crippen LogP contribution in [0.1, 0.15) is 30.1 Å². The summed E-state index contributed by atoms with van der Waals surface area (Å²) in [4.78, 5) is 0. The van der Waals surface area contributed by atoms with E-state index in [4.69, 9.17) is 11.6 Å². The van der Waals surface area contributed by atoms with Gasteiger partial charge in [-0.2, -0.15) is 13.2 Å². The van der Waals surface area contributed by atoms with E-state index in [1.54, 1.807) is 0 Å². The minimum Gasteiger partial charge on any atom is -0.387 e. The first-order chi connectivity index (χ1) is 7.90. The van der Waals surface area contributed by atoms with Crippen LogP contribution in [0.5, 0.6) is 0 Å². The second kappa shape index (κ2) is 4.18. The molecule has 2 rings (SSSR count). The van der Waals surface area contributed by atoms with E-state index in [1.807, 2.05) is 0 Å². The third-order valence-electron chi connectivity index (χ3n) is 3.29. The minimum atomic E-state index is -4.19. The number of alkyl halides is 4. The summed E-state index contributed by atoms with van der Waals surface area (Å²) in [5.41, 5.74) is -0.838. The van der Waals surface area contributed by atoms with Gasteiger partial charge in [-0.1, -0.05) is 24.3 Å². The number of hydrogen-bond donors (Lipinski definition) is 1. The van der Waals surface area contributed by atoms with Crippen LogP contribution in [0.25, 0.3) is 0 Å². The van der Waals surface area contributed by atoms with E-state index in [9.17, 15) is 18.3 Å². The predicted octanol–water partition coefficient (Wildman–Crippen LogP) is 3.55. The molecule has 1 saturated carbocycles. The second-order valence-electron chi connectivity index (χ2n) is 4.37. The topological polar surface area (TPSA) is 20.2 Å². The van der Waals surface area contributed by atoms with Crippen molar-refractivity contribution in [1.82, 2.24) is 0 Å². The van der Waals surface area contributed by atoms with Crippen LogP contribution in [0.3, 0.4) is 0 Å². The van der Waals surface area contributed by atoms with Gasteiger partial charge in [0.15, 0.2) is 0 Å². The number of halogens is 4. The molecule has 5 heteroatoms. The van der Waals surface area contributed by atoms with Crippen LogP contribution in [0.2, 0.25) is 0 Å². The average molecular weight is 265 g/mol. The normalized spacial score (nSPS) is 20.1. The molecular formula is C12H12ClF3O. The van der Waals surface area contributed by atoms with E-state index in [1.165, 1.54) is 24.3 Å². The summed E-state index contributed by atoms with van der Waals surface area (Å²) in [6.07, 6.45) is -4.73. The molecule has 0 heterocycles. The first-order valence-electron chi connectivity index (χ1n) is 5.32. The Morgan fingerprint density at radius 2 is 1.76 bits per heavy atom. The lowest BCUT2D eigenvalue weighted by Crippen LogP contribution is -2.28. The molecule has 0 spiro atoms. The molecule has 1 nitrogen and oxygen atoms in total. The molecule has 17 heavy (non-hydrogen) atoms. The van der Waals surface area contributed by atoms with Crippen LogP contribution >= 0.6 is 11.6 Å². The maximum Gasteiger partial charge on any atom is 0.398 e. The summed E-state index contributed by atoms with van der Waals surface area (Å²) >= 11 is 5.47. The molecule has 1 aromatic carbocycles. The molecule has 0 amide bonds. The van der Waals surface area contributed by atoms with E-state index >= 15 is 0 Å². The first-order valence-corrected chi connectivity index (χ1v) is 5.85. The predicted molar refractivity (Wildman–Crippen MR) is 59.1 cm³/mol. The zero-order chi connectivity index (χ0) is 12.7. The third-order valence-corrected chi connectivity index (χ3v) is 3.58. The average Bonchev–Trinajstić information content (AvgIpc) is 3.08. The quantitative estimate of drug-likeness (QED) is 0.828. The molecule has 0 bridgehead atoms. The van der Waals surface area contributed by atoms with Gasteiger partial charge >= 0.3 is 6.18 Å². The smallest absolute Gasteiger partial charge is 0.387 e. The van der Waals surface area contributed by atoms with Crippen LogP contribution < -0.4 is 0 Å². The zero-order valence-corrected chi connectivity index (χ0v) is 9.72. The van der Waals surface area contributed by atoms with Crippen molar-refractivity contribution >= 4 is 11.6 Å². The van der Waals surface area contributed by atoms with E-state index in [0.717, 1.165) is 0 Å². The summed E-state index contributed by atoms with van der Waals surface area (Å²) < 4.78 is 38.5. The van der Waals surface area contributed by atoms with Gasteiger partial charge < -0.3 is 5.11 Å². The molecule has 0 aromatic heterocycles. The largest absolute Gasteiger partial charge is 0.398 e. The Balaban J connectivity index is 2.25. The summed E-state index contributed by atoms with van der Waals surface area (Å²) in [5, 5.41) is 9.44. The van der Waals surface area contributed by atoms with Crippen LogP contribution in [0.4, 0.5) is 13.2 Å². The lowest BCUT2D eigenvalue weighted by molar-refractivity contribution is -0.160. The number of hydrogen-bond acceptors (Lipinski definition) is 1. The van der Waals surface area contributed by atoms with Crippen molar-refractivity contribution in [3.63, 3.8) is 0 Å². The molecule has 1 unspecified atom stereocenters. The van der Waals surface area contributed by atoms with Crippen LogP contribution in [-0.2, 0) is 5.41 Å². The van der Waals surface area contributed by atoms with E-state index < -0.39 is 17.7 Å². The van der Waals surface area contributed by atoms with Crippen LogP contribution in [-0.4, -0.2) is 17.2 Å². The summed E-state index contributed by atoms with van der Waals surface area (Å²) in [5.74, 6) is 0.0315. The molecule has 1 atom stereocenters. The maximum absolute atomic E-state index is 12.8. The van der Waals surface area contributed by atoms with Gasteiger partial charge in [0.25, 0.3) is 0 Å². The molecule has 1 aliphatic carbocycles. The molecule has 1 fully saturated rings. The zero-order valence-electron chi connectivity index (χ0n) is 8.97. The Kier molecular flexibility index (Phi) is 3.12. The monoisotopic (exact) mass is 264 g/mol. The highest BCUT2D eigenvalue weighted by Gasteiger charge is 2.64. The Labute approximate surface area is 102 Å². The van der Waals surface area contributed by atoms with Gasteiger partial charge in [0.1, 0.15) is 0 Å². The first kappa shape index (κ1) is 12.7.